The van der Waals surface area contributed by atoms with Gasteiger partial charge in [-0.05, 0) is 37.0 Å². The summed E-state index contributed by atoms with van der Waals surface area (Å²) < 4.78 is 7.46. The van der Waals surface area contributed by atoms with Gasteiger partial charge in [-0.15, -0.1) is 0 Å². The van der Waals surface area contributed by atoms with E-state index in [0.717, 1.165) is 34.9 Å². The molecule has 0 N–H and O–H groups in total. The third-order valence-corrected chi connectivity index (χ3v) is 3.71. The van der Waals surface area contributed by atoms with Crippen molar-refractivity contribution in [2.75, 3.05) is 13.7 Å². The Morgan fingerprint density at radius 3 is 3.00 bits per heavy atom. The minimum absolute atomic E-state index is 0.714. The number of imidazole rings is 1. The highest BCUT2D eigenvalue weighted by Crippen LogP contribution is 2.33. The van der Waals surface area contributed by atoms with E-state index in [2.05, 4.69) is 10.6 Å². The summed E-state index contributed by atoms with van der Waals surface area (Å²) in [7, 11) is 1.73. The van der Waals surface area contributed by atoms with Crippen molar-refractivity contribution in [1.82, 2.24) is 9.55 Å². The van der Waals surface area contributed by atoms with Gasteiger partial charge in [0.05, 0.1) is 17.6 Å². The number of ether oxygens (including phenoxy) is 1. The average Bonchev–Trinajstić information content (AvgIpc) is 3.09. The molecule has 18 heavy (non-hydrogen) atoms. The van der Waals surface area contributed by atoms with Gasteiger partial charge in [0.25, 0.3) is 0 Å². The molecular weight excluding hydrogens is 248 g/mol. The largest absolute Gasteiger partial charge is 0.383 e. The van der Waals surface area contributed by atoms with Gasteiger partial charge in [-0.2, -0.15) is 0 Å². The molecule has 3 rings (SSSR count). The first-order valence-electron chi connectivity index (χ1n) is 6.41. The molecule has 0 spiro atoms. The summed E-state index contributed by atoms with van der Waals surface area (Å²) in [4.78, 5) is 4.73. The average molecular weight is 265 g/mol. The summed E-state index contributed by atoms with van der Waals surface area (Å²) in [6.07, 6.45) is 3.76. The van der Waals surface area contributed by atoms with E-state index in [0.29, 0.717) is 6.61 Å². The number of hydrogen-bond donors (Lipinski definition) is 0. The van der Waals surface area contributed by atoms with E-state index < -0.39 is 0 Å². The van der Waals surface area contributed by atoms with Gasteiger partial charge in [0.2, 0.25) is 0 Å². The van der Waals surface area contributed by atoms with E-state index in [1.54, 1.807) is 7.11 Å². The Morgan fingerprint density at radius 2 is 2.28 bits per heavy atom. The smallest absolute Gasteiger partial charge is 0.110 e. The molecule has 0 unspecified atom stereocenters. The highest BCUT2D eigenvalue weighted by Gasteiger charge is 2.24. The lowest BCUT2D eigenvalue weighted by molar-refractivity contribution is 0.187. The van der Waals surface area contributed by atoms with Crippen molar-refractivity contribution in [3.8, 4) is 0 Å². The molecule has 1 aliphatic carbocycles. The first kappa shape index (κ1) is 12.0. The molecule has 3 nitrogen and oxygen atoms in total. The Bertz CT molecular complexity index is 560. The minimum atomic E-state index is 0.714. The summed E-state index contributed by atoms with van der Waals surface area (Å²) >= 11 is 6.03. The van der Waals surface area contributed by atoms with E-state index in [1.807, 2.05) is 12.1 Å². The molecule has 0 amide bonds. The maximum absolute atomic E-state index is 6.03. The zero-order chi connectivity index (χ0) is 12.5. The topological polar surface area (TPSA) is 27.1 Å². The van der Waals surface area contributed by atoms with E-state index in [1.165, 1.54) is 18.7 Å². The van der Waals surface area contributed by atoms with Crippen LogP contribution in [0.15, 0.2) is 18.2 Å². The summed E-state index contributed by atoms with van der Waals surface area (Å²) in [6.45, 7) is 1.57. The molecule has 1 fully saturated rings. The van der Waals surface area contributed by atoms with Crippen molar-refractivity contribution < 1.29 is 4.74 Å². The SMILES string of the molecule is COCCn1c(CC2CC2)nc2cc(Cl)ccc21. The van der Waals surface area contributed by atoms with Crippen molar-refractivity contribution in [1.29, 1.82) is 0 Å². The number of benzene rings is 1. The van der Waals surface area contributed by atoms with Crippen LogP contribution in [0.5, 0.6) is 0 Å². The van der Waals surface area contributed by atoms with Crippen LogP contribution < -0.4 is 0 Å². The zero-order valence-electron chi connectivity index (χ0n) is 10.5. The normalized spacial score (nSPS) is 15.4. The van der Waals surface area contributed by atoms with Gasteiger partial charge in [-0.25, -0.2) is 4.98 Å². The van der Waals surface area contributed by atoms with Gasteiger partial charge < -0.3 is 9.30 Å². The molecule has 1 saturated carbocycles. The van der Waals surface area contributed by atoms with Gasteiger partial charge in [0.1, 0.15) is 5.82 Å². The first-order chi connectivity index (χ1) is 8.78. The molecule has 1 aromatic heterocycles. The Balaban J connectivity index is 2.00. The predicted molar refractivity (Wildman–Crippen MR) is 73.0 cm³/mol. The van der Waals surface area contributed by atoms with Gasteiger partial charge >= 0.3 is 0 Å². The van der Waals surface area contributed by atoms with Crippen LogP contribution in [0.4, 0.5) is 0 Å². The van der Waals surface area contributed by atoms with Gasteiger partial charge in [-0.3, -0.25) is 0 Å². The quantitative estimate of drug-likeness (QED) is 0.829. The second-order valence-corrected chi connectivity index (χ2v) is 5.39. The molecule has 1 heterocycles. The lowest BCUT2D eigenvalue weighted by Crippen LogP contribution is -2.09. The van der Waals surface area contributed by atoms with Crippen molar-refractivity contribution in [3.05, 3.63) is 29.0 Å². The Morgan fingerprint density at radius 1 is 1.44 bits per heavy atom. The van der Waals surface area contributed by atoms with Crippen LogP contribution in [-0.2, 0) is 17.7 Å². The third-order valence-electron chi connectivity index (χ3n) is 3.48. The molecule has 1 aromatic carbocycles. The van der Waals surface area contributed by atoms with Crippen LogP contribution in [0.1, 0.15) is 18.7 Å². The maximum Gasteiger partial charge on any atom is 0.110 e. The zero-order valence-corrected chi connectivity index (χ0v) is 11.3. The number of fused-ring (bicyclic) bond motifs is 1. The minimum Gasteiger partial charge on any atom is -0.383 e. The van der Waals surface area contributed by atoms with Crippen LogP contribution in [0.25, 0.3) is 11.0 Å². The molecule has 96 valence electrons. The van der Waals surface area contributed by atoms with Crippen molar-refractivity contribution in [2.45, 2.75) is 25.8 Å². The fourth-order valence-electron chi connectivity index (χ4n) is 2.32. The van der Waals surface area contributed by atoms with E-state index in [4.69, 9.17) is 21.3 Å². The standard InChI is InChI=1S/C14H17ClN2O/c1-18-7-6-17-13-5-4-11(15)9-12(13)16-14(17)8-10-2-3-10/h4-5,9-10H,2-3,6-8H2,1H3. The molecule has 0 saturated heterocycles. The summed E-state index contributed by atoms with van der Waals surface area (Å²) in [5.74, 6) is 2.00. The number of methoxy groups -OCH3 is 1. The summed E-state index contributed by atoms with van der Waals surface area (Å²) in [6, 6.07) is 5.92. The second-order valence-electron chi connectivity index (χ2n) is 4.95. The fourth-order valence-corrected chi connectivity index (χ4v) is 2.49. The number of halogens is 1. The highest BCUT2D eigenvalue weighted by atomic mass is 35.5. The van der Waals surface area contributed by atoms with Crippen LogP contribution >= 0.6 is 11.6 Å². The van der Waals surface area contributed by atoms with Crippen molar-refractivity contribution in [3.63, 3.8) is 0 Å². The molecule has 0 aliphatic heterocycles. The van der Waals surface area contributed by atoms with E-state index in [9.17, 15) is 0 Å². The molecule has 1 aliphatic rings. The summed E-state index contributed by atoms with van der Waals surface area (Å²) in [5, 5.41) is 0.747. The predicted octanol–water partition coefficient (Wildman–Crippen LogP) is 3.29. The molecule has 4 heteroatoms. The number of rotatable bonds is 5. The van der Waals surface area contributed by atoms with Crippen LogP contribution in [-0.4, -0.2) is 23.3 Å². The number of nitrogens with zero attached hydrogens (tertiary/aromatic N) is 2. The van der Waals surface area contributed by atoms with Crippen molar-refractivity contribution >= 4 is 22.6 Å². The Kier molecular flexibility index (Phi) is 3.27. The van der Waals surface area contributed by atoms with Gasteiger partial charge in [0, 0.05) is 25.1 Å². The molecule has 2 aromatic rings. The second kappa shape index (κ2) is 4.90. The first-order valence-corrected chi connectivity index (χ1v) is 6.79. The van der Waals surface area contributed by atoms with E-state index in [-0.39, 0.29) is 0 Å². The maximum atomic E-state index is 6.03. The van der Waals surface area contributed by atoms with E-state index >= 15 is 0 Å². The number of hydrogen-bond acceptors (Lipinski definition) is 2. The molecule has 0 radical (unpaired) electrons. The van der Waals surface area contributed by atoms with Gasteiger partial charge in [-0.1, -0.05) is 11.6 Å². The summed E-state index contributed by atoms with van der Waals surface area (Å²) in [5.41, 5.74) is 2.15. The van der Waals surface area contributed by atoms with Crippen LogP contribution in [0.2, 0.25) is 5.02 Å². The number of aromatic nitrogens is 2. The van der Waals surface area contributed by atoms with Crippen molar-refractivity contribution in [2.24, 2.45) is 5.92 Å². The third kappa shape index (κ3) is 2.38. The Hall–Kier alpha value is -1.06. The monoisotopic (exact) mass is 264 g/mol. The Labute approximate surface area is 112 Å². The molecule has 0 bridgehead atoms. The van der Waals surface area contributed by atoms with Crippen LogP contribution in [0, 0.1) is 5.92 Å². The van der Waals surface area contributed by atoms with Gasteiger partial charge in [0.15, 0.2) is 0 Å². The molecule has 0 atom stereocenters. The highest BCUT2D eigenvalue weighted by molar-refractivity contribution is 6.31. The fraction of sp³-hybridized carbons (Fsp3) is 0.500. The lowest BCUT2D eigenvalue weighted by atomic mass is 10.3. The molecular formula is C14H17ClN2O. The lowest BCUT2D eigenvalue weighted by Gasteiger charge is -2.08. The van der Waals surface area contributed by atoms with Crippen LogP contribution in [0.3, 0.4) is 0 Å².